The van der Waals surface area contributed by atoms with Gasteiger partial charge in [0.25, 0.3) is 0 Å². The molecule has 1 unspecified atom stereocenters. The highest BCUT2D eigenvalue weighted by atomic mass is 127. The number of hydrogen-bond donors (Lipinski definition) is 2. The minimum Gasteiger partial charge on any atom is -0.491 e. The normalized spacial score (nSPS) is 16.2. The van der Waals surface area contributed by atoms with Crippen LogP contribution in [-0.2, 0) is 17.7 Å². The van der Waals surface area contributed by atoms with Crippen LogP contribution in [0.2, 0.25) is 0 Å². The maximum atomic E-state index is 6.09. The van der Waals surface area contributed by atoms with Crippen LogP contribution in [0.3, 0.4) is 0 Å². The Morgan fingerprint density at radius 1 is 1.33 bits per heavy atom. The number of hydrogen-bond acceptors (Lipinski definition) is 5. The van der Waals surface area contributed by atoms with Gasteiger partial charge in [0.2, 0.25) is 0 Å². The van der Waals surface area contributed by atoms with E-state index in [1.54, 1.807) is 11.3 Å². The maximum absolute atomic E-state index is 6.09. The third-order valence-corrected chi connectivity index (χ3v) is 5.59. The van der Waals surface area contributed by atoms with Crippen molar-refractivity contribution in [3.63, 3.8) is 0 Å². The molecule has 1 atom stereocenters. The van der Waals surface area contributed by atoms with E-state index in [1.165, 1.54) is 5.56 Å². The van der Waals surface area contributed by atoms with Crippen LogP contribution in [0.4, 0.5) is 0 Å². The third kappa shape index (κ3) is 8.03. The monoisotopic (exact) mass is 544 g/mol. The molecule has 2 N–H and O–H groups in total. The smallest absolute Gasteiger partial charge is 0.191 e. The molecule has 166 valence electrons. The van der Waals surface area contributed by atoms with Crippen LogP contribution in [0.25, 0.3) is 0 Å². The molecule has 1 aromatic carbocycles. The Bertz CT molecular complexity index is 806. The number of aromatic nitrogens is 1. The van der Waals surface area contributed by atoms with E-state index in [0.717, 1.165) is 66.9 Å². The van der Waals surface area contributed by atoms with Crippen molar-refractivity contribution in [2.45, 2.75) is 52.7 Å². The van der Waals surface area contributed by atoms with Gasteiger partial charge in [-0.3, -0.25) is 0 Å². The lowest BCUT2D eigenvalue weighted by Gasteiger charge is -2.15. The highest BCUT2D eigenvalue weighted by Gasteiger charge is 2.17. The number of aliphatic imine (C=N–C) groups is 1. The van der Waals surface area contributed by atoms with Crippen molar-refractivity contribution in [3.8, 4) is 5.75 Å². The second-order valence-electron chi connectivity index (χ2n) is 7.29. The van der Waals surface area contributed by atoms with E-state index in [0.29, 0.717) is 13.2 Å². The summed E-state index contributed by atoms with van der Waals surface area (Å²) in [6, 6.07) is 6.30. The van der Waals surface area contributed by atoms with Gasteiger partial charge < -0.3 is 20.1 Å². The summed E-state index contributed by atoms with van der Waals surface area (Å²) in [5, 5.41) is 9.93. The molecule has 0 bridgehead atoms. The van der Waals surface area contributed by atoms with Gasteiger partial charge in [0, 0.05) is 37.1 Å². The Labute approximate surface area is 200 Å². The zero-order valence-electron chi connectivity index (χ0n) is 18.1. The molecule has 8 heteroatoms. The van der Waals surface area contributed by atoms with Gasteiger partial charge in [-0.1, -0.05) is 12.1 Å². The van der Waals surface area contributed by atoms with Gasteiger partial charge >= 0.3 is 0 Å². The minimum atomic E-state index is 0. The number of thiazole rings is 1. The van der Waals surface area contributed by atoms with Crippen molar-refractivity contribution in [1.82, 2.24) is 15.6 Å². The Hall–Kier alpha value is -1.39. The standard InChI is InChI=1S/C22H32N4O2S.HI/c1-4-23-22(24-10-9-19-15-29-17(3)26-19)25-13-18-8-7-16(2)12-21(18)28-14-20-6-5-11-27-20;/h7-8,12,15,20H,4-6,9-11,13-14H2,1-3H3,(H2,23,24,25);1H. The van der Waals surface area contributed by atoms with Crippen molar-refractivity contribution in [3.05, 3.63) is 45.4 Å². The molecule has 30 heavy (non-hydrogen) atoms. The van der Waals surface area contributed by atoms with Crippen LogP contribution in [0, 0.1) is 13.8 Å². The van der Waals surface area contributed by atoms with Gasteiger partial charge in [-0.15, -0.1) is 35.3 Å². The fourth-order valence-corrected chi connectivity index (χ4v) is 3.87. The van der Waals surface area contributed by atoms with Gasteiger partial charge in [-0.25, -0.2) is 9.98 Å². The molecule has 0 radical (unpaired) electrons. The fourth-order valence-electron chi connectivity index (χ4n) is 3.22. The number of halogens is 1. The molecule has 2 aromatic rings. The molecule has 0 spiro atoms. The Kier molecular flexibility index (Phi) is 10.9. The van der Waals surface area contributed by atoms with E-state index < -0.39 is 0 Å². The molecule has 0 saturated carbocycles. The largest absolute Gasteiger partial charge is 0.491 e. The summed E-state index contributed by atoms with van der Waals surface area (Å²) in [5.74, 6) is 1.71. The zero-order chi connectivity index (χ0) is 20.5. The van der Waals surface area contributed by atoms with Crippen molar-refractivity contribution in [1.29, 1.82) is 0 Å². The molecule has 0 aliphatic carbocycles. The molecule has 3 rings (SSSR count). The lowest BCUT2D eigenvalue weighted by atomic mass is 10.1. The summed E-state index contributed by atoms with van der Waals surface area (Å²) in [4.78, 5) is 9.27. The van der Waals surface area contributed by atoms with E-state index in [9.17, 15) is 0 Å². The number of aryl methyl sites for hydroxylation is 2. The van der Waals surface area contributed by atoms with Gasteiger partial charge in [0.05, 0.1) is 23.4 Å². The maximum Gasteiger partial charge on any atom is 0.191 e. The fraction of sp³-hybridized carbons (Fsp3) is 0.545. The number of benzene rings is 1. The third-order valence-electron chi connectivity index (χ3n) is 4.76. The lowest BCUT2D eigenvalue weighted by molar-refractivity contribution is 0.0676. The molecule has 2 heterocycles. The molecular weight excluding hydrogens is 511 g/mol. The number of guanidine groups is 1. The van der Waals surface area contributed by atoms with Gasteiger partial charge in [0.1, 0.15) is 12.4 Å². The topological polar surface area (TPSA) is 67.8 Å². The first-order valence-electron chi connectivity index (χ1n) is 10.4. The van der Waals surface area contributed by atoms with Crippen LogP contribution >= 0.6 is 35.3 Å². The molecule has 0 amide bonds. The summed E-state index contributed by atoms with van der Waals surface area (Å²) < 4.78 is 11.8. The highest BCUT2D eigenvalue weighted by molar-refractivity contribution is 14.0. The number of nitrogens with one attached hydrogen (secondary N) is 2. The minimum absolute atomic E-state index is 0. The Morgan fingerprint density at radius 2 is 2.20 bits per heavy atom. The molecule has 1 aliphatic rings. The predicted octanol–water partition coefficient (Wildman–Crippen LogP) is 4.23. The predicted molar refractivity (Wildman–Crippen MR) is 134 cm³/mol. The van der Waals surface area contributed by atoms with Crippen LogP contribution < -0.4 is 15.4 Å². The van der Waals surface area contributed by atoms with Crippen LogP contribution in [-0.4, -0.2) is 43.4 Å². The van der Waals surface area contributed by atoms with Crippen molar-refractivity contribution in [2.24, 2.45) is 4.99 Å². The van der Waals surface area contributed by atoms with E-state index in [-0.39, 0.29) is 30.1 Å². The van der Waals surface area contributed by atoms with Crippen LogP contribution in [0.5, 0.6) is 5.75 Å². The van der Waals surface area contributed by atoms with Gasteiger partial charge in [-0.05, 0) is 45.2 Å². The summed E-state index contributed by atoms with van der Waals surface area (Å²) in [5.41, 5.74) is 3.39. The first-order valence-corrected chi connectivity index (χ1v) is 11.3. The quantitative estimate of drug-likeness (QED) is 0.281. The van der Waals surface area contributed by atoms with Crippen LogP contribution in [0.15, 0.2) is 28.6 Å². The van der Waals surface area contributed by atoms with Gasteiger partial charge in [0.15, 0.2) is 5.96 Å². The number of nitrogens with zero attached hydrogens (tertiary/aromatic N) is 2. The molecule has 1 saturated heterocycles. The van der Waals surface area contributed by atoms with E-state index in [4.69, 9.17) is 14.5 Å². The summed E-state index contributed by atoms with van der Waals surface area (Å²) in [7, 11) is 0. The summed E-state index contributed by atoms with van der Waals surface area (Å²) in [6.07, 6.45) is 3.29. The molecular formula is C22H33IN4O2S. The first-order chi connectivity index (χ1) is 14.1. The molecule has 1 aromatic heterocycles. The number of rotatable bonds is 9. The zero-order valence-corrected chi connectivity index (χ0v) is 21.2. The molecule has 1 fully saturated rings. The van der Waals surface area contributed by atoms with Crippen molar-refractivity contribution >= 4 is 41.3 Å². The van der Waals surface area contributed by atoms with E-state index >= 15 is 0 Å². The average molecular weight is 545 g/mol. The average Bonchev–Trinajstić information content (AvgIpc) is 3.37. The highest BCUT2D eigenvalue weighted by Crippen LogP contribution is 2.23. The second kappa shape index (κ2) is 13.1. The second-order valence-corrected chi connectivity index (χ2v) is 8.35. The molecule has 6 nitrogen and oxygen atoms in total. The lowest BCUT2D eigenvalue weighted by Crippen LogP contribution is -2.38. The Balaban J connectivity index is 0.00000320. The van der Waals surface area contributed by atoms with E-state index in [1.807, 2.05) is 6.92 Å². The molecule has 1 aliphatic heterocycles. The van der Waals surface area contributed by atoms with Crippen molar-refractivity contribution in [2.75, 3.05) is 26.3 Å². The van der Waals surface area contributed by atoms with Crippen LogP contribution in [0.1, 0.15) is 41.6 Å². The SMILES string of the molecule is CCNC(=NCc1ccc(C)cc1OCC1CCCO1)NCCc1csc(C)n1.I. The van der Waals surface area contributed by atoms with Crippen molar-refractivity contribution < 1.29 is 9.47 Å². The first kappa shape index (κ1) is 24.9. The summed E-state index contributed by atoms with van der Waals surface area (Å²) >= 11 is 1.69. The summed E-state index contributed by atoms with van der Waals surface area (Å²) in [6.45, 7) is 9.81. The Morgan fingerprint density at radius 3 is 2.90 bits per heavy atom. The van der Waals surface area contributed by atoms with Gasteiger partial charge in [-0.2, -0.15) is 0 Å². The number of ether oxygens (including phenoxy) is 2. The van der Waals surface area contributed by atoms with E-state index in [2.05, 4.69) is 53.0 Å².